The van der Waals surface area contributed by atoms with Crippen molar-refractivity contribution in [1.29, 1.82) is 0 Å². The zero-order chi connectivity index (χ0) is 25.9. The fourth-order valence-electron chi connectivity index (χ4n) is 4.33. The van der Waals surface area contributed by atoms with E-state index in [4.69, 9.17) is 37.4 Å². The van der Waals surface area contributed by atoms with Crippen molar-refractivity contribution >= 4 is 40.5 Å². The van der Waals surface area contributed by atoms with Crippen LogP contribution in [0.5, 0.6) is 17.2 Å². The number of hydrogen-bond donors (Lipinski definition) is 1. The van der Waals surface area contributed by atoms with E-state index in [2.05, 4.69) is 5.32 Å². The molecule has 1 aliphatic rings. The second-order valence-corrected chi connectivity index (χ2v) is 9.24. The molecule has 0 fully saturated rings. The van der Waals surface area contributed by atoms with Gasteiger partial charge in [-0.2, -0.15) is 0 Å². The third-order valence-corrected chi connectivity index (χ3v) is 6.71. The van der Waals surface area contributed by atoms with E-state index in [0.29, 0.717) is 32.9 Å². The molecular weight excluding hydrogens is 511 g/mol. The van der Waals surface area contributed by atoms with Crippen molar-refractivity contribution in [3.05, 3.63) is 112 Å². The maximum Gasteiger partial charge on any atom is 0.262 e. The molecule has 37 heavy (non-hydrogen) atoms. The average Bonchev–Trinajstić information content (AvgIpc) is 2.92. The Labute approximate surface area is 225 Å². The number of benzene rings is 4. The summed E-state index contributed by atoms with van der Waals surface area (Å²) in [5.74, 6) is 1.78. The van der Waals surface area contributed by atoms with Gasteiger partial charge in [-0.25, -0.2) is 0 Å². The maximum atomic E-state index is 13.7. The highest BCUT2D eigenvalue weighted by atomic mass is 35.5. The standard InChI is InChI=1S/C29H24Cl2N2O4/c1-35-22-11-9-21(10-12-22)33-28(32-25-6-4-3-5-23(25)29(33)34)18-7-13-26(36-2)19(15-18)17-37-27-14-8-20(30)16-24(27)31/h3-16,28,32H,17H2,1-2H3. The van der Waals surface area contributed by atoms with Gasteiger partial charge >= 0.3 is 0 Å². The zero-order valence-corrected chi connectivity index (χ0v) is 21.7. The molecule has 1 aliphatic heterocycles. The quantitative estimate of drug-likeness (QED) is 0.268. The molecule has 4 aromatic rings. The normalized spacial score (nSPS) is 14.5. The lowest BCUT2D eigenvalue weighted by Gasteiger charge is -2.38. The van der Waals surface area contributed by atoms with E-state index < -0.39 is 6.17 Å². The Kier molecular flexibility index (Phi) is 7.12. The van der Waals surface area contributed by atoms with Gasteiger partial charge in [-0.15, -0.1) is 0 Å². The molecule has 0 spiro atoms. The summed E-state index contributed by atoms with van der Waals surface area (Å²) in [7, 11) is 3.22. The Morgan fingerprint density at radius 1 is 0.865 bits per heavy atom. The monoisotopic (exact) mass is 534 g/mol. The predicted octanol–water partition coefficient (Wildman–Crippen LogP) is 7.36. The van der Waals surface area contributed by atoms with Crippen LogP contribution >= 0.6 is 23.2 Å². The molecule has 188 valence electrons. The molecule has 5 rings (SSSR count). The van der Waals surface area contributed by atoms with Gasteiger partial charge in [0.25, 0.3) is 5.91 Å². The molecule has 8 heteroatoms. The highest BCUT2D eigenvalue weighted by Gasteiger charge is 2.34. The van der Waals surface area contributed by atoms with E-state index in [-0.39, 0.29) is 12.5 Å². The highest BCUT2D eigenvalue weighted by molar-refractivity contribution is 6.35. The number of ether oxygens (including phenoxy) is 3. The first-order valence-electron chi connectivity index (χ1n) is 11.6. The van der Waals surface area contributed by atoms with Gasteiger partial charge in [0, 0.05) is 22.0 Å². The second kappa shape index (κ2) is 10.6. The SMILES string of the molecule is COc1ccc(N2C(=O)c3ccccc3NC2c2ccc(OC)c(COc3ccc(Cl)cc3Cl)c2)cc1. The van der Waals surface area contributed by atoms with Crippen molar-refractivity contribution in [3.8, 4) is 17.2 Å². The molecule has 1 amide bonds. The summed E-state index contributed by atoms with van der Waals surface area (Å²) in [4.78, 5) is 15.5. The van der Waals surface area contributed by atoms with Crippen molar-refractivity contribution in [2.75, 3.05) is 24.4 Å². The van der Waals surface area contributed by atoms with Crippen LogP contribution in [0.2, 0.25) is 10.0 Å². The molecule has 0 aliphatic carbocycles. The first-order chi connectivity index (χ1) is 18.0. The van der Waals surface area contributed by atoms with E-state index in [1.807, 2.05) is 66.7 Å². The highest BCUT2D eigenvalue weighted by Crippen LogP contribution is 2.38. The number of halogens is 2. The van der Waals surface area contributed by atoms with Crippen LogP contribution in [0.1, 0.15) is 27.7 Å². The Balaban J connectivity index is 1.53. The number of fused-ring (bicyclic) bond motifs is 1. The summed E-state index contributed by atoms with van der Waals surface area (Å²) in [5, 5.41) is 4.48. The van der Waals surface area contributed by atoms with E-state index in [0.717, 1.165) is 22.5 Å². The lowest BCUT2D eigenvalue weighted by atomic mass is 10.0. The summed E-state index contributed by atoms with van der Waals surface area (Å²) in [6.45, 7) is 0.207. The largest absolute Gasteiger partial charge is 0.497 e. The van der Waals surface area contributed by atoms with Crippen LogP contribution in [0.3, 0.4) is 0 Å². The number of hydrogen-bond acceptors (Lipinski definition) is 5. The number of carbonyl (C=O) groups is 1. The van der Waals surface area contributed by atoms with Gasteiger partial charge in [-0.3, -0.25) is 9.69 Å². The Morgan fingerprint density at radius 3 is 2.35 bits per heavy atom. The van der Waals surface area contributed by atoms with Crippen molar-refractivity contribution in [3.63, 3.8) is 0 Å². The molecule has 6 nitrogen and oxygen atoms in total. The third kappa shape index (κ3) is 5.03. The predicted molar refractivity (Wildman–Crippen MR) is 146 cm³/mol. The molecule has 1 atom stereocenters. The molecule has 1 heterocycles. The summed E-state index contributed by atoms with van der Waals surface area (Å²) < 4.78 is 16.9. The third-order valence-electron chi connectivity index (χ3n) is 6.17. The second-order valence-electron chi connectivity index (χ2n) is 8.40. The van der Waals surface area contributed by atoms with E-state index in [1.54, 1.807) is 37.3 Å². The molecule has 1 N–H and O–H groups in total. The molecular formula is C29H24Cl2N2O4. The van der Waals surface area contributed by atoms with Crippen LogP contribution in [0, 0.1) is 0 Å². The maximum absolute atomic E-state index is 13.7. The van der Waals surface area contributed by atoms with Crippen LogP contribution in [-0.4, -0.2) is 20.1 Å². The fourth-order valence-corrected chi connectivity index (χ4v) is 4.79. The van der Waals surface area contributed by atoms with Crippen LogP contribution in [0.15, 0.2) is 84.9 Å². The number of para-hydroxylation sites is 1. The van der Waals surface area contributed by atoms with Crippen molar-refractivity contribution in [2.45, 2.75) is 12.8 Å². The van der Waals surface area contributed by atoms with Gasteiger partial charge in [-0.05, 0) is 72.3 Å². The minimum atomic E-state index is -0.473. The number of amides is 1. The van der Waals surface area contributed by atoms with Crippen molar-refractivity contribution in [1.82, 2.24) is 0 Å². The molecule has 1 unspecified atom stereocenters. The van der Waals surface area contributed by atoms with E-state index >= 15 is 0 Å². The Bertz CT molecular complexity index is 1440. The van der Waals surface area contributed by atoms with Crippen molar-refractivity contribution in [2.24, 2.45) is 0 Å². The minimum absolute atomic E-state index is 0.105. The van der Waals surface area contributed by atoms with Crippen LogP contribution in [0.25, 0.3) is 0 Å². The lowest BCUT2D eigenvalue weighted by molar-refractivity contribution is 0.0975. The number of nitrogens with one attached hydrogen (secondary N) is 1. The first kappa shape index (κ1) is 24.8. The topological polar surface area (TPSA) is 60.0 Å². The number of nitrogens with zero attached hydrogens (tertiary/aromatic N) is 1. The van der Waals surface area contributed by atoms with Gasteiger partial charge in [-0.1, -0.05) is 41.4 Å². The number of rotatable bonds is 7. The van der Waals surface area contributed by atoms with Gasteiger partial charge in [0.15, 0.2) is 0 Å². The summed E-state index contributed by atoms with van der Waals surface area (Å²) in [6, 6.07) is 25.8. The Hall–Kier alpha value is -3.87. The van der Waals surface area contributed by atoms with E-state index in [9.17, 15) is 4.79 Å². The molecule has 0 bridgehead atoms. The minimum Gasteiger partial charge on any atom is -0.497 e. The number of methoxy groups -OCH3 is 2. The van der Waals surface area contributed by atoms with E-state index in [1.165, 1.54) is 0 Å². The zero-order valence-electron chi connectivity index (χ0n) is 20.2. The molecule has 0 saturated carbocycles. The molecule has 0 aromatic heterocycles. The van der Waals surface area contributed by atoms with Gasteiger partial charge in [0.1, 0.15) is 30.0 Å². The van der Waals surface area contributed by atoms with Crippen LogP contribution < -0.4 is 24.4 Å². The first-order valence-corrected chi connectivity index (χ1v) is 12.3. The average molecular weight is 535 g/mol. The van der Waals surface area contributed by atoms with Crippen LogP contribution in [-0.2, 0) is 6.61 Å². The number of anilines is 2. The summed E-state index contributed by atoms with van der Waals surface area (Å²) in [5.41, 5.74) is 3.77. The lowest BCUT2D eigenvalue weighted by Crippen LogP contribution is -2.43. The molecule has 0 saturated heterocycles. The van der Waals surface area contributed by atoms with Crippen molar-refractivity contribution < 1.29 is 19.0 Å². The molecule has 0 radical (unpaired) electrons. The summed E-state index contributed by atoms with van der Waals surface area (Å²) >= 11 is 12.3. The smallest absolute Gasteiger partial charge is 0.262 e. The van der Waals surface area contributed by atoms with Gasteiger partial charge < -0.3 is 19.5 Å². The molecule has 4 aromatic carbocycles. The van der Waals surface area contributed by atoms with Gasteiger partial charge in [0.05, 0.1) is 24.8 Å². The Morgan fingerprint density at radius 2 is 1.62 bits per heavy atom. The summed E-state index contributed by atoms with van der Waals surface area (Å²) in [6.07, 6.45) is -0.473. The number of carbonyl (C=O) groups excluding carboxylic acids is 1. The van der Waals surface area contributed by atoms with Crippen LogP contribution in [0.4, 0.5) is 11.4 Å². The fraction of sp³-hybridized carbons (Fsp3) is 0.138. The van der Waals surface area contributed by atoms with Gasteiger partial charge in [0.2, 0.25) is 0 Å².